The number of rotatable bonds is 3. The molecule has 0 fully saturated rings. The van der Waals surface area contributed by atoms with Gasteiger partial charge in [-0.15, -0.1) is 0 Å². The van der Waals surface area contributed by atoms with E-state index in [1.54, 1.807) is 25.3 Å². The average molecular weight is 265 g/mol. The molecule has 0 saturated carbocycles. The van der Waals surface area contributed by atoms with Crippen LogP contribution >= 0.6 is 11.6 Å². The highest BCUT2D eigenvalue weighted by Gasteiger charge is 2.11. The van der Waals surface area contributed by atoms with Crippen molar-refractivity contribution in [2.24, 2.45) is 0 Å². The molecule has 5 nitrogen and oxygen atoms in total. The summed E-state index contributed by atoms with van der Waals surface area (Å²) >= 11 is 5.92. The van der Waals surface area contributed by atoms with E-state index < -0.39 is 0 Å². The number of nitrogens with two attached hydrogens (primary N) is 1. The van der Waals surface area contributed by atoms with Crippen molar-refractivity contribution in [3.8, 4) is 17.1 Å². The second-order valence-corrected chi connectivity index (χ2v) is 4.07. The SMILES string of the molecule is CCc1nc(N)nc(-c2ccc(Cl)cc2OC)n1. The fourth-order valence-corrected chi connectivity index (χ4v) is 1.73. The first-order valence-electron chi connectivity index (χ1n) is 5.48. The number of nitrogens with zero attached hydrogens (tertiary/aromatic N) is 3. The van der Waals surface area contributed by atoms with E-state index in [0.717, 1.165) is 5.56 Å². The number of hydrogen-bond acceptors (Lipinski definition) is 5. The Balaban J connectivity index is 2.57. The van der Waals surface area contributed by atoms with Gasteiger partial charge in [-0.2, -0.15) is 9.97 Å². The fraction of sp³-hybridized carbons (Fsp3) is 0.250. The van der Waals surface area contributed by atoms with Crippen LogP contribution in [0.5, 0.6) is 5.75 Å². The van der Waals surface area contributed by atoms with Crippen LogP contribution in [0.4, 0.5) is 5.95 Å². The van der Waals surface area contributed by atoms with Gasteiger partial charge in [-0.25, -0.2) is 4.98 Å². The number of aromatic nitrogens is 3. The minimum atomic E-state index is 0.203. The molecule has 1 heterocycles. The van der Waals surface area contributed by atoms with Crippen LogP contribution in [0.15, 0.2) is 18.2 Å². The summed E-state index contributed by atoms with van der Waals surface area (Å²) in [5.74, 6) is 1.95. The van der Waals surface area contributed by atoms with Crippen LogP contribution in [-0.2, 0) is 6.42 Å². The van der Waals surface area contributed by atoms with Gasteiger partial charge in [-0.05, 0) is 18.2 Å². The molecule has 1 aromatic heterocycles. The molecule has 0 aliphatic rings. The molecular weight excluding hydrogens is 252 g/mol. The Hall–Kier alpha value is -1.88. The first-order valence-corrected chi connectivity index (χ1v) is 5.86. The van der Waals surface area contributed by atoms with Gasteiger partial charge in [0.05, 0.1) is 12.7 Å². The number of ether oxygens (including phenoxy) is 1. The predicted octanol–water partition coefficient (Wildman–Crippen LogP) is 2.35. The summed E-state index contributed by atoms with van der Waals surface area (Å²) in [6.45, 7) is 1.96. The third kappa shape index (κ3) is 2.51. The Bertz CT molecular complexity index is 574. The van der Waals surface area contributed by atoms with Crippen molar-refractivity contribution in [2.45, 2.75) is 13.3 Å². The van der Waals surface area contributed by atoms with E-state index in [-0.39, 0.29) is 5.95 Å². The summed E-state index contributed by atoms with van der Waals surface area (Å²) in [5, 5.41) is 0.591. The van der Waals surface area contributed by atoms with Crippen LogP contribution in [0, 0.1) is 0 Å². The number of anilines is 1. The number of nitrogen functional groups attached to an aromatic ring is 1. The zero-order valence-electron chi connectivity index (χ0n) is 10.1. The molecular formula is C12H13ClN4O. The molecule has 0 saturated heterocycles. The molecule has 6 heteroatoms. The Morgan fingerprint density at radius 2 is 2.06 bits per heavy atom. The van der Waals surface area contributed by atoms with Gasteiger partial charge in [0.25, 0.3) is 0 Å². The number of methoxy groups -OCH3 is 1. The van der Waals surface area contributed by atoms with E-state index >= 15 is 0 Å². The Labute approximate surface area is 110 Å². The first-order chi connectivity index (χ1) is 8.63. The second kappa shape index (κ2) is 5.18. The van der Waals surface area contributed by atoms with Crippen LogP contribution in [0.25, 0.3) is 11.4 Å². The molecule has 0 aliphatic heterocycles. The maximum atomic E-state index is 5.92. The number of benzene rings is 1. The Morgan fingerprint density at radius 3 is 2.72 bits per heavy atom. The summed E-state index contributed by atoms with van der Waals surface area (Å²) in [7, 11) is 1.57. The van der Waals surface area contributed by atoms with E-state index in [2.05, 4.69) is 15.0 Å². The van der Waals surface area contributed by atoms with E-state index in [1.807, 2.05) is 6.92 Å². The van der Waals surface area contributed by atoms with Gasteiger partial charge < -0.3 is 10.5 Å². The molecule has 1 aromatic carbocycles. The van der Waals surface area contributed by atoms with E-state index in [0.29, 0.717) is 28.8 Å². The van der Waals surface area contributed by atoms with E-state index in [9.17, 15) is 0 Å². The molecule has 0 amide bonds. The zero-order valence-corrected chi connectivity index (χ0v) is 10.9. The summed E-state index contributed by atoms with van der Waals surface area (Å²) in [5.41, 5.74) is 6.41. The highest BCUT2D eigenvalue weighted by Crippen LogP contribution is 2.30. The summed E-state index contributed by atoms with van der Waals surface area (Å²) in [6, 6.07) is 5.27. The van der Waals surface area contributed by atoms with Gasteiger partial charge in [0.2, 0.25) is 5.95 Å². The average Bonchev–Trinajstić information content (AvgIpc) is 2.37. The van der Waals surface area contributed by atoms with Gasteiger partial charge >= 0.3 is 0 Å². The molecule has 2 aromatic rings. The molecule has 0 bridgehead atoms. The molecule has 94 valence electrons. The van der Waals surface area contributed by atoms with Gasteiger partial charge in [0.15, 0.2) is 5.82 Å². The van der Waals surface area contributed by atoms with Crippen molar-refractivity contribution >= 4 is 17.5 Å². The van der Waals surface area contributed by atoms with Crippen molar-refractivity contribution in [2.75, 3.05) is 12.8 Å². The lowest BCUT2D eigenvalue weighted by molar-refractivity contribution is 0.416. The number of hydrogen-bond donors (Lipinski definition) is 1. The second-order valence-electron chi connectivity index (χ2n) is 3.63. The summed E-state index contributed by atoms with van der Waals surface area (Å²) in [6.07, 6.45) is 0.690. The van der Waals surface area contributed by atoms with E-state index in [4.69, 9.17) is 22.1 Å². The highest BCUT2D eigenvalue weighted by molar-refractivity contribution is 6.30. The maximum absolute atomic E-state index is 5.92. The van der Waals surface area contributed by atoms with Crippen molar-refractivity contribution in [1.29, 1.82) is 0 Å². The molecule has 0 spiro atoms. The molecule has 2 rings (SSSR count). The quantitative estimate of drug-likeness (QED) is 0.921. The van der Waals surface area contributed by atoms with Crippen molar-refractivity contribution < 1.29 is 4.74 Å². The smallest absolute Gasteiger partial charge is 0.223 e. The normalized spacial score (nSPS) is 10.4. The van der Waals surface area contributed by atoms with Crippen molar-refractivity contribution in [1.82, 2.24) is 15.0 Å². The monoisotopic (exact) mass is 264 g/mol. The number of aryl methyl sites for hydroxylation is 1. The predicted molar refractivity (Wildman–Crippen MR) is 70.6 cm³/mol. The van der Waals surface area contributed by atoms with Crippen molar-refractivity contribution in [3.63, 3.8) is 0 Å². The lowest BCUT2D eigenvalue weighted by atomic mass is 10.2. The molecule has 0 atom stereocenters. The summed E-state index contributed by atoms with van der Waals surface area (Å²) in [4.78, 5) is 12.5. The minimum absolute atomic E-state index is 0.203. The maximum Gasteiger partial charge on any atom is 0.223 e. The van der Waals surface area contributed by atoms with Gasteiger partial charge in [-0.3, -0.25) is 0 Å². The minimum Gasteiger partial charge on any atom is -0.496 e. The molecule has 18 heavy (non-hydrogen) atoms. The zero-order chi connectivity index (χ0) is 13.1. The van der Waals surface area contributed by atoms with Gasteiger partial charge in [0, 0.05) is 11.4 Å². The largest absolute Gasteiger partial charge is 0.496 e. The van der Waals surface area contributed by atoms with Crippen LogP contribution in [0.1, 0.15) is 12.7 Å². The standard InChI is InChI=1S/C12H13ClN4O/c1-3-10-15-11(17-12(14)16-10)8-5-4-7(13)6-9(8)18-2/h4-6H,3H2,1-2H3,(H2,14,15,16,17). The van der Waals surface area contributed by atoms with Crippen LogP contribution < -0.4 is 10.5 Å². The summed E-state index contributed by atoms with van der Waals surface area (Å²) < 4.78 is 5.27. The highest BCUT2D eigenvalue weighted by atomic mass is 35.5. The Kier molecular flexibility index (Phi) is 3.62. The number of halogens is 1. The van der Waals surface area contributed by atoms with E-state index in [1.165, 1.54) is 0 Å². The Morgan fingerprint density at radius 1 is 1.28 bits per heavy atom. The van der Waals surface area contributed by atoms with Crippen LogP contribution in [-0.4, -0.2) is 22.1 Å². The molecule has 0 radical (unpaired) electrons. The van der Waals surface area contributed by atoms with Gasteiger partial charge in [0.1, 0.15) is 11.6 Å². The molecule has 0 aliphatic carbocycles. The van der Waals surface area contributed by atoms with Crippen LogP contribution in [0.3, 0.4) is 0 Å². The lowest BCUT2D eigenvalue weighted by Gasteiger charge is -2.08. The third-order valence-corrected chi connectivity index (χ3v) is 2.65. The fourth-order valence-electron chi connectivity index (χ4n) is 1.57. The lowest BCUT2D eigenvalue weighted by Crippen LogP contribution is -2.04. The van der Waals surface area contributed by atoms with Crippen LogP contribution in [0.2, 0.25) is 5.02 Å². The third-order valence-electron chi connectivity index (χ3n) is 2.42. The van der Waals surface area contributed by atoms with Crippen molar-refractivity contribution in [3.05, 3.63) is 29.0 Å². The molecule has 0 unspecified atom stereocenters. The van der Waals surface area contributed by atoms with Gasteiger partial charge in [-0.1, -0.05) is 18.5 Å². The first kappa shape index (κ1) is 12.6. The topological polar surface area (TPSA) is 73.9 Å². The molecule has 2 N–H and O–H groups in total.